The van der Waals surface area contributed by atoms with Gasteiger partial charge in [0.15, 0.2) is 0 Å². The second kappa shape index (κ2) is 4.28. The Kier molecular flexibility index (Phi) is 3.30. The van der Waals surface area contributed by atoms with Crippen molar-refractivity contribution in [1.29, 1.82) is 0 Å². The van der Waals surface area contributed by atoms with Crippen molar-refractivity contribution in [3.63, 3.8) is 0 Å². The summed E-state index contributed by atoms with van der Waals surface area (Å²) in [6, 6.07) is 0. The first-order valence-corrected chi connectivity index (χ1v) is 4.48. The van der Waals surface area contributed by atoms with Gasteiger partial charge in [0.25, 0.3) is 0 Å². The largest absolute Gasteiger partial charge is 0.478 e. The van der Waals surface area contributed by atoms with E-state index in [1.165, 1.54) is 0 Å². The molecule has 5 heteroatoms. The Balaban J connectivity index is 2.71. The Bertz CT molecular complexity index is 363. The molecule has 0 aliphatic rings. The highest BCUT2D eigenvalue weighted by Gasteiger charge is 2.02. The molecule has 1 aromatic rings. The van der Waals surface area contributed by atoms with E-state index in [-0.39, 0.29) is 0 Å². The Morgan fingerprint density at radius 3 is 2.86 bits per heavy atom. The number of carboxylic acids is 1. The Morgan fingerprint density at radius 1 is 1.79 bits per heavy atom. The van der Waals surface area contributed by atoms with E-state index in [0.717, 1.165) is 5.69 Å². The third kappa shape index (κ3) is 2.60. The molecule has 0 aromatic carbocycles. The SMILES string of the molecule is CC(=CCn1cc(Cl)c(C)n1)C(=O)O. The number of hydrogen-bond donors (Lipinski definition) is 1. The van der Waals surface area contributed by atoms with Gasteiger partial charge in [-0.1, -0.05) is 17.7 Å². The van der Waals surface area contributed by atoms with Crippen LogP contribution in [0, 0.1) is 6.92 Å². The van der Waals surface area contributed by atoms with Crippen LogP contribution in [0.5, 0.6) is 0 Å². The maximum atomic E-state index is 10.5. The van der Waals surface area contributed by atoms with E-state index >= 15 is 0 Å². The lowest BCUT2D eigenvalue weighted by Crippen LogP contribution is -2.01. The van der Waals surface area contributed by atoms with Crippen molar-refractivity contribution in [3.05, 3.63) is 28.6 Å². The minimum absolute atomic E-state index is 0.300. The quantitative estimate of drug-likeness (QED) is 0.782. The zero-order chi connectivity index (χ0) is 10.7. The number of carbonyl (C=O) groups is 1. The minimum Gasteiger partial charge on any atom is -0.478 e. The molecule has 0 fully saturated rings. The van der Waals surface area contributed by atoms with Crippen molar-refractivity contribution in [2.45, 2.75) is 20.4 Å². The van der Waals surface area contributed by atoms with Gasteiger partial charge in [-0.3, -0.25) is 4.68 Å². The van der Waals surface area contributed by atoms with E-state index in [0.29, 0.717) is 17.1 Å². The number of aryl methyl sites for hydroxylation is 1. The first-order valence-electron chi connectivity index (χ1n) is 4.10. The summed E-state index contributed by atoms with van der Waals surface area (Å²) in [5, 5.41) is 13.3. The maximum Gasteiger partial charge on any atom is 0.331 e. The summed E-state index contributed by atoms with van der Waals surface area (Å²) in [6.45, 7) is 3.76. The van der Waals surface area contributed by atoms with Crippen molar-refractivity contribution in [1.82, 2.24) is 9.78 Å². The molecule has 0 spiro atoms. The van der Waals surface area contributed by atoms with Crippen LogP contribution in [0.1, 0.15) is 12.6 Å². The second-order valence-electron chi connectivity index (χ2n) is 2.98. The summed E-state index contributed by atoms with van der Waals surface area (Å²) >= 11 is 5.79. The summed E-state index contributed by atoms with van der Waals surface area (Å²) in [4.78, 5) is 10.5. The molecule has 0 saturated carbocycles. The van der Waals surface area contributed by atoms with Crippen molar-refractivity contribution in [2.24, 2.45) is 0 Å². The fourth-order valence-corrected chi connectivity index (χ4v) is 1.06. The molecular weight excluding hydrogens is 204 g/mol. The number of carboxylic acid groups (broad SMARTS) is 1. The first kappa shape index (κ1) is 10.8. The fourth-order valence-electron chi connectivity index (χ4n) is 0.905. The molecule has 14 heavy (non-hydrogen) atoms. The van der Waals surface area contributed by atoms with Crippen LogP contribution in [0.2, 0.25) is 5.02 Å². The predicted molar refractivity (Wildman–Crippen MR) is 53.4 cm³/mol. The normalized spacial score (nSPS) is 11.8. The molecule has 0 aliphatic carbocycles. The van der Waals surface area contributed by atoms with Gasteiger partial charge in [0.2, 0.25) is 0 Å². The lowest BCUT2D eigenvalue weighted by Gasteiger charge is -1.95. The Labute approximate surface area is 86.8 Å². The van der Waals surface area contributed by atoms with Gasteiger partial charge >= 0.3 is 5.97 Å². The van der Waals surface area contributed by atoms with Crippen LogP contribution >= 0.6 is 11.6 Å². The van der Waals surface area contributed by atoms with E-state index in [9.17, 15) is 4.79 Å². The molecule has 0 radical (unpaired) electrons. The van der Waals surface area contributed by atoms with Gasteiger partial charge in [0, 0.05) is 11.8 Å². The standard InChI is InChI=1S/C9H11ClN2O2/c1-6(9(13)14)3-4-12-5-8(10)7(2)11-12/h3,5H,4H2,1-2H3,(H,13,14). The van der Waals surface area contributed by atoms with Gasteiger partial charge in [-0.05, 0) is 13.8 Å². The predicted octanol–water partition coefficient (Wildman–Crippen LogP) is 1.88. The summed E-state index contributed by atoms with van der Waals surface area (Å²) < 4.78 is 1.60. The van der Waals surface area contributed by atoms with Gasteiger partial charge in [0.05, 0.1) is 17.3 Å². The van der Waals surface area contributed by atoms with Crippen LogP contribution in [0.25, 0.3) is 0 Å². The summed E-state index contributed by atoms with van der Waals surface area (Å²) in [5.41, 5.74) is 1.04. The van der Waals surface area contributed by atoms with Crippen LogP contribution in [0.4, 0.5) is 0 Å². The number of aliphatic carboxylic acids is 1. The number of hydrogen-bond acceptors (Lipinski definition) is 2. The monoisotopic (exact) mass is 214 g/mol. The van der Waals surface area contributed by atoms with Crippen LogP contribution in [-0.4, -0.2) is 20.9 Å². The van der Waals surface area contributed by atoms with Crippen molar-refractivity contribution in [3.8, 4) is 0 Å². The van der Waals surface area contributed by atoms with Crippen LogP contribution < -0.4 is 0 Å². The molecule has 0 atom stereocenters. The Morgan fingerprint density at radius 2 is 2.43 bits per heavy atom. The van der Waals surface area contributed by atoms with E-state index in [4.69, 9.17) is 16.7 Å². The van der Waals surface area contributed by atoms with Gasteiger partial charge < -0.3 is 5.11 Å². The third-order valence-electron chi connectivity index (χ3n) is 1.81. The highest BCUT2D eigenvalue weighted by molar-refractivity contribution is 6.31. The molecule has 0 unspecified atom stereocenters. The van der Waals surface area contributed by atoms with Crippen molar-refractivity contribution < 1.29 is 9.90 Å². The molecular formula is C9H11ClN2O2. The second-order valence-corrected chi connectivity index (χ2v) is 3.38. The number of nitrogens with zero attached hydrogens (tertiary/aromatic N) is 2. The van der Waals surface area contributed by atoms with Crippen molar-refractivity contribution in [2.75, 3.05) is 0 Å². The lowest BCUT2D eigenvalue weighted by molar-refractivity contribution is -0.132. The van der Waals surface area contributed by atoms with E-state index in [1.807, 2.05) is 0 Å². The zero-order valence-corrected chi connectivity index (χ0v) is 8.75. The van der Waals surface area contributed by atoms with E-state index < -0.39 is 5.97 Å². The lowest BCUT2D eigenvalue weighted by atomic mass is 10.3. The molecule has 0 saturated heterocycles. The highest BCUT2D eigenvalue weighted by Crippen LogP contribution is 2.11. The number of halogens is 1. The Hall–Kier alpha value is -1.29. The molecule has 4 nitrogen and oxygen atoms in total. The van der Waals surface area contributed by atoms with Gasteiger partial charge in [-0.25, -0.2) is 4.79 Å². The van der Waals surface area contributed by atoms with E-state index in [2.05, 4.69) is 5.10 Å². The summed E-state index contributed by atoms with van der Waals surface area (Å²) in [7, 11) is 0. The first-order chi connectivity index (χ1) is 6.50. The number of aromatic nitrogens is 2. The maximum absolute atomic E-state index is 10.5. The topological polar surface area (TPSA) is 55.1 Å². The average Bonchev–Trinajstić information content (AvgIpc) is 2.42. The molecule has 1 aromatic heterocycles. The summed E-state index contributed by atoms with van der Waals surface area (Å²) in [5.74, 6) is -0.917. The third-order valence-corrected chi connectivity index (χ3v) is 2.18. The van der Waals surface area contributed by atoms with Crippen LogP contribution in [-0.2, 0) is 11.3 Å². The summed E-state index contributed by atoms with van der Waals surface area (Å²) in [6.07, 6.45) is 3.26. The van der Waals surface area contributed by atoms with Gasteiger partial charge in [0.1, 0.15) is 0 Å². The average molecular weight is 215 g/mol. The molecule has 0 aliphatic heterocycles. The molecule has 76 valence electrons. The smallest absolute Gasteiger partial charge is 0.331 e. The van der Waals surface area contributed by atoms with Gasteiger partial charge in [-0.2, -0.15) is 5.10 Å². The zero-order valence-electron chi connectivity index (χ0n) is 7.99. The number of allylic oxidation sites excluding steroid dienone is 1. The van der Waals surface area contributed by atoms with Crippen molar-refractivity contribution >= 4 is 17.6 Å². The van der Waals surface area contributed by atoms with Gasteiger partial charge in [-0.15, -0.1) is 0 Å². The number of rotatable bonds is 3. The minimum atomic E-state index is -0.917. The highest BCUT2D eigenvalue weighted by atomic mass is 35.5. The molecule has 1 N–H and O–H groups in total. The van der Waals surface area contributed by atoms with E-state index in [1.54, 1.807) is 30.8 Å². The fraction of sp³-hybridized carbons (Fsp3) is 0.333. The van der Waals surface area contributed by atoms with Crippen LogP contribution in [0.3, 0.4) is 0 Å². The molecule has 1 heterocycles. The molecule has 0 bridgehead atoms. The molecule has 1 rings (SSSR count). The molecule has 0 amide bonds. The van der Waals surface area contributed by atoms with Crippen LogP contribution in [0.15, 0.2) is 17.8 Å².